The minimum absolute atomic E-state index is 0.0875. The lowest BCUT2D eigenvalue weighted by molar-refractivity contribution is -0.442. The highest BCUT2D eigenvalue weighted by molar-refractivity contribution is 5.79. The second-order valence-corrected chi connectivity index (χ2v) is 9.33. The lowest BCUT2D eigenvalue weighted by Crippen LogP contribution is -2.76. The number of para-hydroxylation sites is 2. The standard InChI is InChI=1S/C23H32N4O7/c1-11-8-16(27-17(28)10-18-26-12-6-4-5-7-14(12)32-18)23(30)22(31-11)33-15-9-13(24-2)20(29)19(25-3)21(15)34-23/h4-7,11,13,15-16,19-22,24-25,29-30H,8-10H2,1-3H3,(H,27,28)/t11-,13+,15?,16-,19+,20+,21?,22?,23+/m1/s1. The minimum atomic E-state index is -1.92. The average molecular weight is 477 g/mol. The number of fused-ring (bicyclic) bond motifs is 3. The molecule has 1 amide bonds. The number of nitrogens with zero attached hydrogens (tertiary/aromatic N) is 1. The summed E-state index contributed by atoms with van der Waals surface area (Å²) in [6.07, 6.45) is -2.46. The Morgan fingerprint density at radius 3 is 2.74 bits per heavy atom. The summed E-state index contributed by atoms with van der Waals surface area (Å²) in [4.78, 5) is 17.2. The SMILES string of the molecule is CN[C@H]1CC2OC3O[C@H](C)C[C@@H](NC(=O)Cc4nc5ccccc5o4)[C@]3(O)OC2[C@@H](NC)[C@H]1O. The number of oxazole rings is 1. The first-order valence-electron chi connectivity index (χ1n) is 11.7. The van der Waals surface area contributed by atoms with E-state index in [1.807, 2.05) is 25.1 Å². The fourth-order valence-corrected chi connectivity index (χ4v) is 5.32. The highest BCUT2D eigenvalue weighted by Gasteiger charge is 2.61. The van der Waals surface area contributed by atoms with Crippen LogP contribution in [-0.4, -0.2) is 89.8 Å². The fraction of sp³-hybridized carbons (Fsp3) is 0.652. The molecule has 3 fully saturated rings. The lowest BCUT2D eigenvalue weighted by atomic mass is 9.81. The predicted molar refractivity (Wildman–Crippen MR) is 120 cm³/mol. The van der Waals surface area contributed by atoms with E-state index in [0.717, 1.165) is 0 Å². The van der Waals surface area contributed by atoms with Gasteiger partial charge >= 0.3 is 0 Å². The van der Waals surface area contributed by atoms with Gasteiger partial charge in [0, 0.05) is 6.04 Å². The Morgan fingerprint density at radius 2 is 2.00 bits per heavy atom. The van der Waals surface area contributed by atoms with Crippen molar-refractivity contribution in [3.05, 3.63) is 30.2 Å². The van der Waals surface area contributed by atoms with Crippen LogP contribution in [0, 0.1) is 0 Å². The number of hydrogen-bond donors (Lipinski definition) is 5. The van der Waals surface area contributed by atoms with Gasteiger partial charge in [0.15, 0.2) is 5.58 Å². The van der Waals surface area contributed by atoms with E-state index < -0.39 is 42.5 Å². The summed E-state index contributed by atoms with van der Waals surface area (Å²) in [6, 6.07) is 5.79. The molecule has 5 N–H and O–H groups in total. The van der Waals surface area contributed by atoms with E-state index in [-0.39, 0.29) is 30.4 Å². The molecule has 2 aromatic rings. The number of carbonyl (C=O) groups excluding carboxylic acids is 1. The number of aliphatic hydroxyl groups is 2. The fourth-order valence-electron chi connectivity index (χ4n) is 5.32. The number of ether oxygens (including phenoxy) is 3. The Bertz CT molecular complexity index is 1000. The van der Waals surface area contributed by atoms with E-state index >= 15 is 0 Å². The van der Waals surface area contributed by atoms with Gasteiger partial charge in [-0.05, 0) is 46.0 Å². The molecule has 1 aliphatic carbocycles. The van der Waals surface area contributed by atoms with E-state index in [1.165, 1.54) is 0 Å². The highest BCUT2D eigenvalue weighted by Crippen LogP contribution is 2.41. The summed E-state index contributed by atoms with van der Waals surface area (Å²) in [5.74, 6) is -2.01. The van der Waals surface area contributed by atoms with Crippen LogP contribution in [0.1, 0.15) is 25.7 Å². The van der Waals surface area contributed by atoms with Crippen molar-refractivity contribution in [1.29, 1.82) is 0 Å². The van der Waals surface area contributed by atoms with Crippen LogP contribution < -0.4 is 16.0 Å². The Hall–Kier alpha value is -2.12. The first-order valence-corrected chi connectivity index (χ1v) is 11.7. The zero-order chi connectivity index (χ0) is 24.0. The minimum Gasteiger partial charge on any atom is -0.440 e. The number of carbonyl (C=O) groups is 1. The molecular formula is C23H32N4O7. The van der Waals surface area contributed by atoms with Gasteiger partial charge in [-0.25, -0.2) is 4.98 Å². The van der Waals surface area contributed by atoms with E-state index in [9.17, 15) is 15.0 Å². The molecule has 3 unspecified atom stereocenters. The summed E-state index contributed by atoms with van der Waals surface area (Å²) < 4.78 is 23.9. The number of amides is 1. The quantitative estimate of drug-likeness (QED) is 0.379. The van der Waals surface area contributed by atoms with Crippen molar-refractivity contribution in [3.63, 3.8) is 0 Å². The van der Waals surface area contributed by atoms with Crippen LogP contribution in [0.5, 0.6) is 0 Å². The second kappa shape index (κ2) is 9.15. The van der Waals surface area contributed by atoms with E-state index in [4.69, 9.17) is 18.6 Å². The summed E-state index contributed by atoms with van der Waals surface area (Å²) in [7, 11) is 3.50. The van der Waals surface area contributed by atoms with Gasteiger partial charge in [-0.1, -0.05) is 12.1 Å². The summed E-state index contributed by atoms with van der Waals surface area (Å²) in [5, 5.41) is 31.4. The molecule has 2 aliphatic heterocycles. The van der Waals surface area contributed by atoms with Crippen LogP contribution in [0.2, 0.25) is 0 Å². The molecule has 5 rings (SSSR count). The third-order valence-electron chi connectivity index (χ3n) is 7.06. The van der Waals surface area contributed by atoms with Crippen LogP contribution in [0.25, 0.3) is 11.1 Å². The average Bonchev–Trinajstić information content (AvgIpc) is 3.20. The first-order chi connectivity index (χ1) is 16.3. The third kappa shape index (κ3) is 4.11. The zero-order valence-corrected chi connectivity index (χ0v) is 19.4. The smallest absolute Gasteiger partial charge is 0.239 e. The molecule has 11 heteroatoms. The predicted octanol–water partition coefficient (Wildman–Crippen LogP) is -0.597. The van der Waals surface area contributed by atoms with Crippen molar-refractivity contribution in [1.82, 2.24) is 20.9 Å². The molecule has 1 aromatic heterocycles. The van der Waals surface area contributed by atoms with Gasteiger partial charge in [0.1, 0.15) is 18.0 Å². The molecule has 0 radical (unpaired) electrons. The number of aliphatic hydroxyl groups excluding tert-OH is 1. The van der Waals surface area contributed by atoms with Crippen molar-refractivity contribution < 1.29 is 33.6 Å². The molecule has 9 atom stereocenters. The monoisotopic (exact) mass is 476 g/mol. The van der Waals surface area contributed by atoms with Crippen LogP contribution in [0.15, 0.2) is 28.7 Å². The van der Waals surface area contributed by atoms with Crippen LogP contribution in [0.4, 0.5) is 0 Å². The normalized spacial score (nSPS) is 39.9. The Balaban J connectivity index is 1.34. The van der Waals surface area contributed by atoms with Crippen molar-refractivity contribution >= 4 is 17.0 Å². The van der Waals surface area contributed by atoms with Crippen LogP contribution in [0.3, 0.4) is 0 Å². The van der Waals surface area contributed by atoms with Crippen LogP contribution in [-0.2, 0) is 25.4 Å². The van der Waals surface area contributed by atoms with Gasteiger partial charge in [0.2, 0.25) is 23.9 Å². The van der Waals surface area contributed by atoms with Crippen molar-refractivity contribution in [2.75, 3.05) is 14.1 Å². The van der Waals surface area contributed by atoms with Gasteiger partial charge in [-0.15, -0.1) is 0 Å². The second-order valence-electron chi connectivity index (χ2n) is 9.33. The lowest BCUT2D eigenvalue weighted by Gasteiger charge is -2.56. The van der Waals surface area contributed by atoms with Crippen molar-refractivity contribution in [2.45, 2.75) is 80.8 Å². The Labute approximate surface area is 197 Å². The van der Waals surface area contributed by atoms with Crippen molar-refractivity contribution in [3.8, 4) is 0 Å². The maximum atomic E-state index is 12.9. The maximum Gasteiger partial charge on any atom is 0.239 e. The van der Waals surface area contributed by atoms with Crippen molar-refractivity contribution in [2.24, 2.45) is 0 Å². The number of hydrogen-bond acceptors (Lipinski definition) is 10. The summed E-state index contributed by atoms with van der Waals surface area (Å²) in [5.41, 5.74) is 1.28. The van der Waals surface area contributed by atoms with E-state index in [1.54, 1.807) is 20.2 Å². The molecule has 3 aliphatic rings. The molecule has 1 aromatic carbocycles. The molecule has 0 bridgehead atoms. The van der Waals surface area contributed by atoms with Gasteiger partial charge < -0.3 is 44.8 Å². The number of rotatable bonds is 5. The molecule has 11 nitrogen and oxygen atoms in total. The highest BCUT2D eigenvalue weighted by atomic mass is 16.8. The first kappa shape index (κ1) is 23.6. The zero-order valence-electron chi connectivity index (χ0n) is 19.4. The van der Waals surface area contributed by atoms with E-state index in [0.29, 0.717) is 23.9 Å². The molecule has 1 saturated carbocycles. The van der Waals surface area contributed by atoms with Gasteiger partial charge in [0.25, 0.3) is 0 Å². The third-order valence-corrected chi connectivity index (χ3v) is 7.06. The van der Waals surface area contributed by atoms with Gasteiger partial charge in [0.05, 0.1) is 30.4 Å². The van der Waals surface area contributed by atoms with E-state index in [2.05, 4.69) is 20.9 Å². The Morgan fingerprint density at radius 1 is 1.21 bits per heavy atom. The summed E-state index contributed by atoms with van der Waals surface area (Å²) in [6.45, 7) is 1.85. The largest absolute Gasteiger partial charge is 0.440 e. The number of likely N-dealkylation sites (N-methyl/N-ethyl adjacent to an activating group) is 2. The Kier molecular flexibility index (Phi) is 6.36. The molecular weight excluding hydrogens is 444 g/mol. The summed E-state index contributed by atoms with van der Waals surface area (Å²) >= 11 is 0. The number of benzene rings is 1. The maximum absolute atomic E-state index is 12.9. The molecule has 0 spiro atoms. The molecule has 2 saturated heterocycles. The number of aromatic nitrogens is 1. The van der Waals surface area contributed by atoms with Crippen LogP contribution >= 0.6 is 0 Å². The molecule has 3 heterocycles. The molecule has 34 heavy (non-hydrogen) atoms. The number of nitrogens with one attached hydrogen (secondary N) is 3. The van der Waals surface area contributed by atoms with Gasteiger partial charge in [-0.2, -0.15) is 0 Å². The molecule has 186 valence electrons. The topological polar surface area (TPSA) is 147 Å². The van der Waals surface area contributed by atoms with Gasteiger partial charge in [-0.3, -0.25) is 4.79 Å².